The topological polar surface area (TPSA) is 32.5 Å². The Hall–Kier alpha value is -0.120. The van der Waals surface area contributed by atoms with Crippen LogP contribution in [0.5, 0.6) is 0 Å². The summed E-state index contributed by atoms with van der Waals surface area (Å²) in [4.78, 5) is 5.34. The van der Waals surface area contributed by atoms with E-state index >= 15 is 0 Å². The minimum atomic E-state index is 0.371. The fraction of sp³-hybridized carbons (Fsp3) is 1.00. The largest absolute Gasteiger partial charge is 0.328 e. The molecule has 0 aliphatic carbocycles. The fourth-order valence-electron chi connectivity index (χ4n) is 4.21. The van der Waals surface area contributed by atoms with Gasteiger partial charge in [0.25, 0.3) is 0 Å². The summed E-state index contributed by atoms with van der Waals surface area (Å²) in [6.45, 7) is 9.80. The van der Waals surface area contributed by atoms with E-state index in [9.17, 15) is 0 Å². The molecule has 0 amide bonds. The third-order valence-electron chi connectivity index (χ3n) is 5.36. The van der Waals surface area contributed by atoms with E-state index < -0.39 is 0 Å². The maximum absolute atomic E-state index is 5.83. The van der Waals surface area contributed by atoms with Crippen molar-refractivity contribution in [2.45, 2.75) is 64.5 Å². The van der Waals surface area contributed by atoms with Gasteiger partial charge in [-0.2, -0.15) is 0 Å². The van der Waals surface area contributed by atoms with Crippen molar-refractivity contribution in [2.24, 2.45) is 17.6 Å². The molecule has 0 saturated carbocycles. The highest BCUT2D eigenvalue weighted by Crippen LogP contribution is 2.30. The molecule has 2 fully saturated rings. The Bertz CT molecular complexity index is 279. The summed E-state index contributed by atoms with van der Waals surface area (Å²) in [7, 11) is 2.32. The number of hydrogen-bond donors (Lipinski definition) is 1. The third kappa shape index (κ3) is 4.71. The van der Waals surface area contributed by atoms with E-state index in [2.05, 4.69) is 30.7 Å². The molecule has 20 heavy (non-hydrogen) atoms. The van der Waals surface area contributed by atoms with Gasteiger partial charge < -0.3 is 15.5 Å². The second-order valence-electron chi connectivity index (χ2n) is 7.51. The molecule has 2 rings (SSSR count). The van der Waals surface area contributed by atoms with Gasteiger partial charge in [0.15, 0.2) is 0 Å². The average molecular weight is 281 g/mol. The Morgan fingerprint density at radius 3 is 2.70 bits per heavy atom. The van der Waals surface area contributed by atoms with Crippen molar-refractivity contribution in [3.63, 3.8) is 0 Å². The molecule has 2 saturated heterocycles. The number of likely N-dealkylation sites (tertiary alicyclic amines) is 2. The normalized spacial score (nSPS) is 31.8. The van der Waals surface area contributed by atoms with Crippen LogP contribution in [0.15, 0.2) is 0 Å². The molecular weight excluding hydrogens is 246 g/mol. The first-order chi connectivity index (χ1) is 9.56. The number of rotatable bonds is 6. The monoisotopic (exact) mass is 281 g/mol. The Morgan fingerprint density at radius 1 is 1.15 bits per heavy atom. The summed E-state index contributed by atoms with van der Waals surface area (Å²) in [5.74, 6) is 1.75. The van der Waals surface area contributed by atoms with E-state index in [-0.39, 0.29) is 0 Å². The zero-order chi connectivity index (χ0) is 14.5. The molecule has 0 bridgehead atoms. The van der Waals surface area contributed by atoms with Crippen LogP contribution in [0.25, 0.3) is 0 Å². The molecule has 0 aromatic heterocycles. The Balaban J connectivity index is 1.69. The lowest BCUT2D eigenvalue weighted by Crippen LogP contribution is -2.53. The molecule has 2 heterocycles. The lowest BCUT2D eigenvalue weighted by molar-refractivity contribution is 0.0328. The minimum absolute atomic E-state index is 0.371. The van der Waals surface area contributed by atoms with E-state index in [1.54, 1.807) is 0 Å². The van der Waals surface area contributed by atoms with Gasteiger partial charge in [-0.05, 0) is 71.0 Å². The highest BCUT2D eigenvalue weighted by Gasteiger charge is 2.34. The first kappa shape index (κ1) is 16.3. The summed E-state index contributed by atoms with van der Waals surface area (Å²) in [5, 5.41) is 0. The first-order valence-electron chi connectivity index (χ1n) is 8.74. The van der Waals surface area contributed by atoms with Gasteiger partial charge in [0.05, 0.1) is 0 Å². The highest BCUT2D eigenvalue weighted by molar-refractivity contribution is 4.89. The smallest absolute Gasteiger partial charge is 0.0145 e. The molecule has 0 spiro atoms. The summed E-state index contributed by atoms with van der Waals surface area (Å²) < 4.78 is 0. The molecule has 4 atom stereocenters. The first-order valence-corrected chi connectivity index (χ1v) is 8.74. The molecule has 3 heteroatoms. The number of piperidine rings is 2. The molecule has 4 unspecified atom stereocenters. The van der Waals surface area contributed by atoms with Crippen molar-refractivity contribution in [1.82, 2.24) is 9.80 Å². The summed E-state index contributed by atoms with van der Waals surface area (Å²) in [6, 6.07) is 1.24. The quantitative estimate of drug-likeness (QED) is 0.812. The van der Waals surface area contributed by atoms with Gasteiger partial charge in [0.2, 0.25) is 0 Å². The van der Waals surface area contributed by atoms with Crippen LogP contribution in [-0.4, -0.2) is 55.1 Å². The third-order valence-corrected chi connectivity index (χ3v) is 5.36. The Kier molecular flexibility index (Phi) is 6.31. The molecule has 0 aromatic carbocycles. The number of fused-ring (bicyclic) bond motifs is 1. The number of hydrogen-bond acceptors (Lipinski definition) is 3. The molecule has 118 valence electrons. The van der Waals surface area contributed by atoms with Gasteiger partial charge in [-0.1, -0.05) is 13.3 Å². The van der Waals surface area contributed by atoms with Gasteiger partial charge in [-0.25, -0.2) is 0 Å². The predicted molar refractivity (Wildman–Crippen MR) is 86.9 cm³/mol. The molecule has 0 radical (unpaired) electrons. The lowest BCUT2D eigenvalue weighted by Gasteiger charge is -2.46. The van der Waals surface area contributed by atoms with E-state index in [0.717, 1.165) is 17.9 Å². The van der Waals surface area contributed by atoms with Crippen molar-refractivity contribution in [3.05, 3.63) is 0 Å². The molecule has 2 aliphatic heterocycles. The van der Waals surface area contributed by atoms with Crippen LogP contribution >= 0.6 is 0 Å². The molecular formula is C17H35N3. The van der Waals surface area contributed by atoms with E-state index in [1.165, 1.54) is 64.7 Å². The molecule has 0 aromatic rings. The minimum Gasteiger partial charge on any atom is -0.328 e. The maximum atomic E-state index is 5.83. The van der Waals surface area contributed by atoms with Gasteiger partial charge in [0, 0.05) is 25.2 Å². The molecule has 3 nitrogen and oxygen atoms in total. The molecule has 2 N–H and O–H groups in total. The second-order valence-corrected chi connectivity index (χ2v) is 7.51. The van der Waals surface area contributed by atoms with Crippen LogP contribution in [-0.2, 0) is 0 Å². The SMILES string of the molecule is CC(N)CCCC(C)CN1CCC2C(CCCN2C)C1. The Morgan fingerprint density at radius 2 is 1.95 bits per heavy atom. The van der Waals surface area contributed by atoms with Crippen LogP contribution in [0.1, 0.15) is 52.4 Å². The van der Waals surface area contributed by atoms with Gasteiger partial charge >= 0.3 is 0 Å². The second kappa shape index (κ2) is 7.77. The van der Waals surface area contributed by atoms with E-state index in [1.807, 2.05) is 0 Å². The zero-order valence-electron chi connectivity index (χ0n) is 13.9. The zero-order valence-corrected chi connectivity index (χ0v) is 13.9. The standard InChI is InChI=1S/C17H35N3/c1-14(6-4-7-15(2)18)12-20-11-9-17-16(13-20)8-5-10-19(17)3/h14-17H,4-13,18H2,1-3H3. The van der Waals surface area contributed by atoms with Gasteiger partial charge in [-0.3, -0.25) is 0 Å². The van der Waals surface area contributed by atoms with Crippen molar-refractivity contribution in [1.29, 1.82) is 0 Å². The van der Waals surface area contributed by atoms with Crippen molar-refractivity contribution >= 4 is 0 Å². The van der Waals surface area contributed by atoms with Crippen molar-refractivity contribution < 1.29 is 0 Å². The number of nitrogens with zero attached hydrogens (tertiary/aromatic N) is 2. The lowest BCUT2D eigenvalue weighted by atomic mass is 9.84. The number of nitrogens with two attached hydrogens (primary N) is 1. The maximum Gasteiger partial charge on any atom is 0.0145 e. The van der Waals surface area contributed by atoms with Crippen molar-refractivity contribution in [3.8, 4) is 0 Å². The van der Waals surface area contributed by atoms with Gasteiger partial charge in [0.1, 0.15) is 0 Å². The average Bonchev–Trinajstić information content (AvgIpc) is 2.38. The summed E-state index contributed by atoms with van der Waals surface area (Å²) in [5.41, 5.74) is 5.83. The van der Waals surface area contributed by atoms with Gasteiger partial charge in [-0.15, -0.1) is 0 Å². The summed E-state index contributed by atoms with van der Waals surface area (Å²) >= 11 is 0. The van der Waals surface area contributed by atoms with Crippen LogP contribution in [0.4, 0.5) is 0 Å². The van der Waals surface area contributed by atoms with Crippen LogP contribution in [0.2, 0.25) is 0 Å². The van der Waals surface area contributed by atoms with E-state index in [4.69, 9.17) is 5.73 Å². The molecule has 2 aliphatic rings. The fourth-order valence-corrected chi connectivity index (χ4v) is 4.21. The van der Waals surface area contributed by atoms with Crippen molar-refractivity contribution in [2.75, 3.05) is 33.2 Å². The van der Waals surface area contributed by atoms with Crippen LogP contribution < -0.4 is 5.73 Å². The van der Waals surface area contributed by atoms with Crippen LogP contribution in [0.3, 0.4) is 0 Å². The van der Waals surface area contributed by atoms with E-state index in [0.29, 0.717) is 6.04 Å². The summed E-state index contributed by atoms with van der Waals surface area (Å²) in [6.07, 6.45) is 8.04. The van der Waals surface area contributed by atoms with Crippen LogP contribution in [0, 0.1) is 11.8 Å². The predicted octanol–water partition coefficient (Wildman–Crippen LogP) is 2.56. The Labute approximate surface area is 125 Å². The highest BCUT2D eigenvalue weighted by atomic mass is 15.2.